The van der Waals surface area contributed by atoms with Crippen molar-refractivity contribution >= 4 is 44.8 Å². The molecule has 1 atom stereocenters. The number of carbonyl (C=O) groups is 1. The largest absolute Gasteiger partial charge is 0.458 e. The van der Waals surface area contributed by atoms with E-state index in [0.29, 0.717) is 6.07 Å². The highest BCUT2D eigenvalue weighted by Crippen LogP contribution is 2.51. The van der Waals surface area contributed by atoms with Crippen LogP contribution in [0.5, 0.6) is 0 Å². The number of hydrogen-bond donors (Lipinski definition) is 1. The van der Waals surface area contributed by atoms with Gasteiger partial charge in [-0.2, -0.15) is 35.1 Å². The Hall–Kier alpha value is -2.35. The third-order valence-corrected chi connectivity index (χ3v) is 5.44. The topological polar surface area (TPSA) is 58.5 Å². The number of amides is 1. The Morgan fingerprint density at radius 1 is 1.00 bits per heavy atom. The number of alkyl halides is 9. The van der Waals surface area contributed by atoms with Crippen molar-refractivity contribution in [1.29, 1.82) is 0 Å². The number of benzene rings is 2. The van der Waals surface area contributed by atoms with Crippen LogP contribution < -0.4 is 5.32 Å². The lowest BCUT2D eigenvalue weighted by Crippen LogP contribution is -2.38. The van der Waals surface area contributed by atoms with E-state index in [9.17, 15) is 49.2 Å². The summed E-state index contributed by atoms with van der Waals surface area (Å²) in [6.07, 6.45) is -12.0. The van der Waals surface area contributed by atoms with Gasteiger partial charge in [-0.25, -0.2) is 4.39 Å². The van der Waals surface area contributed by atoms with E-state index in [0.717, 1.165) is 18.2 Å². The molecule has 1 amide bonds. The minimum Gasteiger partial charge on any atom is -0.320 e. The van der Waals surface area contributed by atoms with Gasteiger partial charge in [0, 0.05) is 4.47 Å². The minimum absolute atomic E-state index is 0.0692. The molecule has 0 saturated carbocycles. The van der Waals surface area contributed by atoms with E-state index in [4.69, 9.17) is 11.6 Å². The van der Waals surface area contributed by atoms with Crippen LogP contribution in [0.25, 0.3) is 0 Å². The Balaban J connectivity index is 2.75. The normalized spacial score (nSPS) is 14.5. The van der Waals surface area contributed by atoms with Crippen molar-refractivity contribution < 1.29 is 44.3 Å². The molecule has 2 aromatic carbocycles. The molecular formula is C18H9BrClF9N2O2. The maximum atomic E-state index is 14.4. The van der Waals surface area contributed by atoms with Crippen molar-refractivity contribution in [2.45, 2.75) is 30.9 Å². The molecule has 2 rings (SSSR count). The molecule has 0 aromatic heterocycles. The van der Waals surface area contributed by atoms with Gasteiger partial charge in [0.1, 0.15) is 5.69 Å². The van der Waals surface area contributed by atoms with E-state index in [2.05, 4.69) is 21.1 Å². The molecule has 0 heterocycles. The van der Waals surface area contributed by atoms with E-state index in [1.165, 1.54) is 0 Å². The second kappa shape index (κ2) is 8.78. The van der Waals surface area contributed by atoms with Crippen molar-refractivity contribution in [3.63, 3.8) is 0 Å². The summed E-state index contributed by atoms with van der Waals surface area (Å²) in [6.45, 7) is -0.0692. The zero-order valence-corrected chi connectivity index (χ0v) is 18.1. The van der Waals surface area contributed by atoms with E-state index in [-0.39, 0.29) is 13.0 Å². The van der Waals surface area contributed by atoms with Crippen LogP contribution >= 0.6 is 27.5 Å². The van der Waals surface area contributed by atoms with Crippen LogP contribution in [0.1, 0.15) is 28.4 Å². The van der Waals surface area contributed by atoms with Gasteiger partial charge in [-0.05, 0) is 57.9 Å². The Bertz CT molecular complexity index is 1100. The van der Waals surface area contributed by atoms with Crippen LogP contribution in [0.3, 0.4) is 0 Å². The van der Waals surface area contributed by atoms with E-state index in [1.807, 2.05) is 0 Å². The number of rotatable bonds is 5. The average Bonchev–Trinajstić information content (AvgIpc) is 2.67. The first-order valence-electron chi connectivity index (χ1n) is 8.34. The summed E-state index contributed by atoms with van der Waals surface area (Å²) in [4.78, 5) is 23.2. The van der Waals surface area contributed by atoms with Crippen LogP contribution in [-0.4, -0.2) is 18.3 Å². The first kappa shape index (κ1) is 26.9. The zero-order valence-electron chi connectivity index (χ0n) is 15.8. The van der Waals surface area contributed by atoms with Crippen LogP contribution in [-0.2, 0) is 11.6 Å². The van der Waals surface area contributed by atoms with Gasteiger partial charge < -0.3 is 5.32 Å². The zero-order chi connectivity index (χ0) is 25.6. The summed E-state index contributed by atoms with van der Waals surface area (Å²) in [7, 11) is 0. The van der Waals surface area contributed by atoms with E-state index in [1.54, 1.807) is 5.32 Å². The molecule has 33 heavy (non-hydrogen) atoms. The van der Waals surface area contributed by atoms with E-state index >= 15 is 0 Å². The molecular weight excluding hydrogens is 563 g/mol. The molecule has 0 aliphatic rings. The molecule has 4 nitrogen and oxygen atoms in total. The molecule has 0 aliphatic carbocycles. The van der Waals surface area contributed by atoms with Crippen molar-refractivity contribution in [3.8, 4) is 0 Å². The fraction of sp³-hybridized carbons (Fsp3) is 0.278. The monoisotopic (exact) mass is 570 g/mol. The summed E-state index contributed by atoms with van der Waals surface area (Å²) >= 11 is 8.29. The quantitative estimate of drug-likeness (QED) is 0.291. The highest BCUT2D eigenvalue weighted by molar-refractivity contribution is 9.10. The maximum absolute atomic E-state index is 14.4. The van der Waals surface area contributed by atoms with Crippen LogP contribution in [0.2, 0.25) is 5.02 Å². The number of carbonyl (C=O) groups excluding carboxylic acids is 1. The SMILES string of the molecule is CC(F)(c1cc(Br)c(NC(=O)c2cccc(N=O)c2Cl)c(C(F)(F)C(F)(F)F)c1)C(F)(F)F. The summed E-state index contributed by atoms with van der Waals surface area (Å²) in [5.41, 5.74) is -10.4. The summed E-state index contributed by atoms with van der Waals surface area (Å²) in [6, 6.07) is 3.09. The molecule has 0 fully saturated rings. The molecule has 0 bridgehead atoms. The smallest absolute Gasteiger partial charge is 0.320 e. The maximum Gasteiger partial charge on any atom is 0.458 e. The number of hydrogen-bond acceptors (Lipinski definition) is 3. The molecule has 0 spiro atoms. The van der Waals surface area contributed by atoms with Gasteiger partial charge in [-0.1, -0.05) is 17.7 Å². The van der Waals surface area contributed by atoms with Crippen molar-refractivity contribution in [1.82, 2.24) is 0 Å². The number of anilines is 1. The third-order valence-electron chi connectivity index (χ3n) is 4.42. The fourth-order valence-electron chi connectivity index (χ4n) is 2.52. The van der Waals surface area contributed by atoms with Crippen LogP contribution in [0, 0.1) is 4.91 Å². The third kappa shape index (κ3) is 4.95. The van der Waals surface area contributed by atoms with Crippen LogP contribution in [0.15, 0.2) is 40.0 Å². The number of halogens is 11. The van der Waals surface area contributed by atoms with Gasteiger partial charge in [-0.15, -0.1) is 4.91 Å². The number of nitrogens with zero attached hydrogens (tertiary/aromatic N) is 1. The number of nitrogens with one attached hydrogen (secondary N) is 1. The van der Waals surface area contributed by atoms with Gasteiger partial charge in [0.25, 0.3) is 5.91 Å². The highest BCUT2D eigenvalue weighted by atomic mass is 79.9. The summed E-state index contributed by atoms with van der Waals surface area (Å²) in [5.74, 6) is -7.22. The fourth-order valence-corrected chi connectivity index (χ4v) is 3.32. The van der Waals surface area contributed by atoms with Gasteiger partial charge in [0.05, 0.1) is 21.8 Å². The molecule has 15 heteroatoms. The van der Waals surface area contributed by atoms with Gasteiger partial charge in [0.2, 0.25) is 5.67 Å². The Morgan fingerprint density at radius 2 is 1.58 bits per heavy atom. The van der Waals surface area contributed by atoms with Crippen molar-refractivity contribution in [2.75, 3.05) is 5.32 Å². The van der Waals surface area contributed by atoms with Gasteiger partial charge in [0.15, 0.2) is 0 Å². The minimum atomic E-state index is -6.32. The lowest BCUT2D eigenvalue weighted by Gasteiger charge is -2.28. The first-order chi connectivity index (χ1) is 14.9. The molecule has 0 saturated heterocycles. The summed E-state index contributed by atoms with van der Waals surface area (Å²) < 4.78 is 120. The Kier molecular flexibility index (Phi) is 7.16. The second-order valence-corrected chi connectivity index (χ2v) is 7.87. The molecule has 1 unspecified atom stereocenters. The molecule has 180 valence electrons. The van der Waals surface area contributed by atoms with E-state index < -0.39 is 67.4 Å². The lowest BCUT2D eigenvalue weighted by atomic mass is 9.92. The molecule has 0 aliphatic heterocycles. The standard InChI is InChI=1S/C18H9BrClF9N2O2/c1-15(21,17(24,25)26)7-5-9(16(22,23)18(27,28)29)13(10(19)6-7)30-14(32)8-3-2-4-11(31-33)12(8)20/h2-6H,1H3,(H,30,32). The average molecular weight is 572 g/mol. The highest BCUT2D eigenvalue weighted by Gasteiger charge is 2.61. The summed E-state index contributed by atoms with van der Waals surface area (Å²) in [5, 5.41) is 3.61. The number of nitroso groups, excluding NO2 is 1. The second-order valence-electron chi connectivity index (χ2n) is 6.64. The lowest BCUT2D eigenvalue weighted by molar-refractivity contribution is -0.289. The van der Waals surface area contributed by atoms with Crippen molar-refractivity contribution in [2.24, 2.45) is 5.18 Å². The Morgan fingerprint density at radius 3 is 2.06 bits per heavy atom. The molecule has 0 radical (unpaired) electrons. The molecule has 1 N–H and O–H groups in total. The predicted molar refractivity (Wildman–Crippen MR) is 103 cm³/mol. The van der Waals surface area contributed by atoms with Crippen molar-refractivity contribution in [3.05, 3.63) is 61.4 Å². The van der Waals surface area contributed by atoms with Gasteiger partial charge in [-0.3, -0.25) is 4.79 Å². The molecule has 2 aromatic rings. The van der Waals surface area contributed by atoms with Gasteiger partial charge >= 0.3 is 18.3 Å². The predicted octanol–water partition coefficient (Wildman–Crippen LogP) is 8.15. The first-order valence-corrected chi connectivity index (χ1v) is 9.51. The Labute approximate surface area is 192 Å². The van der Waals surface area contributed by atoms with Crippen LogP contribution in [0.4, 0.5) is 50.9 Å².